The summed E-state index contributed by atoms with van der Waals surface area (Å²) in [5, 5.41) is 14.8. The second-order valence-corrected chi connectivity index (χ2v) is 4.64. The van der Waals surface area contributed by atoms with E-state index in [2.05, 4.69) is 5.10 Å². The molecule has 7 heteroatoms. The van der Waals surface area contributed by atoms with Gasteiger partial charge in [-0.2, -0.15) is 5.10 Å². The summed E-state index contributed by atoms with van der Waals surface area (Å²) in [5.74, 6) is -0.338. The third-order valence-electron chi connectivity index (χ3n) is 3.27. The van der Waals surface area contributed by atoms with E-state index in [0.29, 0.717) is 6.54 Å². The van der Waals surface area contributed by atoms with Gasteiger partial charge in [-0.3, -0.25) is 19.6 Å². The van der Waals surface area contributed by atoms with Crippen LogP contribution >= 0.6 is 0 Å². The molecule has 0 aliphatic carbocycles. The lowest BCUT2D eigenvalue weighted by molar-refractivity contribution is -0.385. The van der Waals surface area contributed by atoms with Crippen LogP contribution in [0.25, 0.3) is 0 Å². The van der Waals surface area contributed by atoms with E-state index in [1.54, 1.807) is 11.9 Å². The minimum Gasteiger partial charge on any atom is -0.334 e. The number of nitro groups is 1. The number of carbonyl (C=O) groups is 1. The molecule has 18 heavy (non-hydrogen) atoms. The van der Waals surface area contributed by atoms with Crippen molar-refractivity contribution >= 4 is 11.6 Å². The first-order chi connectivity index (χ1) is 8.50. The Morgan fingerprint density at radius 2 is 2.28 bits per heavy atom. The highest BCUT2D eigenvalue weighted by Crippen LogP contribution is 2.23. The molecule has 1 aromatic heterocycles. The molecule has 1 amide bonds. The molecule has 2 rings (SSSR count). The Morgan fingerprint density at radius 3 is 2.89 bits per heavy atom. The van der Waals surface area contributed by atoms with Gasteiger partial charge < -0.3 is 4.90 Å². The second-order valence-electron chi connectivity index (χ2n) is 4.64. The van der Waals surface area contributed by atoms with Crippen molar-refractivity contribution in [3.8, 4) is 0 Å². The third-order valence-corrected chi connectivity index (χ3v) is 3.27. The molecule has 1 fully saturated rings. The van der Waals surface area contributed by atoms with Gasteiger partial charge in [-0.05, 0) is 26.2 Å². The Morgan fingerprint density at radius 1 is 1.56 bits per heavy atom. The lowest BCUT2D eigenvalue weighted by Crippen LogP contribution is -2.42. The fourth-order valence-corrected chi connectivity index (χ4v) is 2.30. The quantitative estimate of drug-likeness (QED) is 0.587. The number of likely N-dealkylation sites (tertiary alicyclic amines) is 1. The molecule has 0 spiro atoms. The molecule has 0 aromatic carbocycles. The molecule has 0 unspecified atom stereocenters. The SMILES string of the molecule is C[C@H]1CCCCN1C(=O)c1nn(C)cc1[N+](=O)[O-]. The molecule has 7 nitrogen and oxygen atoms in total. The highest BCUT2D eigenvalue weighted by molar-refractivity contribution is 5.96. The van der Waals surface area contributed by atoms with E-state index in [1.165, 1.54) is 10.9 Å². The van der Waals surface area contributed by atoms with Crippen LogP contribution in [0.2, 0.25) is 0 Å². The zero-order valence-electron chi connectivity index (χ0n) is 10.5. The van der Waals surface area contributed by atoms with Crippen molar-refractivity contribution in [1.29, 1.82) is 0 Å². The van der Waals surface area contributed by atoms with Crippen LogP contribution in [0.15, 0.2) is 6.20 Å². The average Bonchev–Trinajstić information content (AvgIpc) is 2.71. The average molecular weight is 252 g/mol. The summed E-state index contributed by atoms with van der Waals surface area (Å²) in [5.41, 5.74) is -0.281. The van der Waals surface area contributed by atoms with Crippen LogP contribution in [0.5, 0.6) is 0 Å². The smallest absolute Gasteiger partial charge is 0.320 e. The highest BCUT2D eigenvalue weighted by atomic mass is 16.6. The first-order valence-electron chi connectivity index (χ1n) is 5.99. The highest BCUT2D eigenvalue weighted by Gasteiger charge is 2.32. The number of nitrogens with zero attached hydrogens (tertiary/aromatic N) is 4. The Kier molecular flexibility index (Phi) is 3.31. The van der Waals surface area contributed by atoms with Crippen LogP contribution in [-0.4, -0.2) is 38.1 Å². The number of hydrogen-bond acceptors (Lipinski definition) is 4. The van der Waals surface area contributed by atoms with E-state index in [-0.39, 0.29) is 23.3 Å². The summed E-state index contributed by atoms with van der Waals surface area (Å²) in [7, 11) is 1.57. The standard InChI is InChI=1S/C11H16N4O3/c1-8-5-3-4-6-14(8)11(16)10-9(15(17)18)7-13(2)12-10/h7-8H,3-6H2,1-2H3/t8-/m0/s1. The van der Waals surface area contributed by atoms with Crippen LogP contribution < -0.4 is 0 Å². The predicted octanol–water partition coefficient (Wildman–Crippen LogP) is 1.34. The number of carbonyl (C=O) groups excluding carboxylic acids is 1. The minimum absolute atomic E-state index is 0.0590. The fraction of sp³-hybridized carbons (Fsp3) is 0.636. The van der Waals surface area contributed by atoms with E-state index >= 15 is 0 Å². The van der Waals surface area contributed by atoms with E-state index in [9.17, 15) is 14.9 Å². The molecular formula is C11H16N4O3. The van der Waals surface area contributed by atoms with Crippen molar-refractivity contribution in [2.45, 2.75) is 32.2 Å². The molecule has 2 heterocycles. The van der Waals surface area contributed by atoms with Crippen molar-refractivity contribution < 1.29 is 9.72 Å². The first-order valence-corrected chi connectivity index (χ1v) is 5.99. The Bertz CT molecular complexity index is 483. The van der Waals surface area contributed by atoms with Gasteiger partial charge in [0.2, 0.25) is 5.69 Å². The van der Waals surface area contributed by atoms with E-state index in [0.717, 1.165) is 19.3 Å². The van der Waals surface area contributed by atoms with Crippen molar-refractivity contribution in [2.24, 2.45) is 7.05 Å². The monoisotopic (exact) mass is 252 g/mol. The summed E-state index contributed by atoms with van der Waals surface area (Å²) in [4.78, 5) is 24.3. The zero-order chi connectivity index (χ0) is 13.3. The Hall–Kier alpha value is -1.92. The van der Waals surface area contributed by atoms with Gasteiger partial charge in [0.15, 0.2) is 0 Å². The van der Waals surface area contributed by atoms with Crippen LogP contribution in [0.4, 0.5) is 5.69 Å². The van der Waals surface area contributed by atoms with Gasteiger partial charge in [0.05, 0.1) is 4.92 Å². The molecule has 0 radical (unpaired) electrons. The lowest BCUT2D eigenvalue weighted by Gasteiger charge is -2.32. The Labute approximate surface area is 105 Å². The summed E-state index contributed by atoms with van der Waals surface area (Å²) in [6, 6.07) is 0.118. The van der Waals surface area contributed by atoms with Gasteiger partial charge in [-0.1, -0.05) is 0 Å². The number of aromatic nitrogens is 2. The fourth-order valence-electron chi connectivity index (χ4n) is 2.30. The summed E-state index contributed by atoms with van der Waals surface area (Å²) in [6.45, 7) is 2.61. The maximum absolute atomic E-state index is 12.3. The van der Waals surface area contributed by atoms with Gasteiger partial charge >= 0.3 is 5.69 Å². The number of piperidine rings is 1. The largest absolute Gasteiger partial charge is 0.334 e. The summed E-state index contributed by atoms with van der Waals surface area (Å²) >= 11 is 0. The van der Waals surface area contributed by atoms with Crippen LogP contribution in [0.1, 0.15) is 36.7 Å². The van der Waals surface area contributed by atoms with Crippen molar-refractivity contribution in [2.75, 3.05) is 6.54 Å². The molecule has 0 bridgehead atoms. The number of aryl methyl sites for hydroxylation is 1. The van der Waals surface area contributed by atoms with E-state index in [1.807, 2.05) is 6.92 Å². The minimum atomic E-state index is -0.561. The number of rotatable bonds is 2. The zero-order valence-corrected chi connectivity index (χ0v) is 10.5. The molecule has 98 valence electrons. The van der Waals surface area contributed by atoms with Gasteiger partial charge in [0.25, 0.3) is 5.91 Å². The summed E-state index contributed by atoms with van der Waals surface area (Å²) in [6.07, 6.45) is 4.24. The Balaban J connectivity index is 2.30. The lowest BCUT2D eigenvalue weighted by atomic mass is 10.0. The molecule has 1 saturated heterocycles. The van der Waals surface area contributed by atoms with Crippen molar-refractivity contribution in [3.63, 3.8) is 0 Å². The maximum atomic E-state index is 12.3. The second kappa shape index (κ2) is 4.75. The first kappa shape index (κ1) is 12.5. The van der Waals surface area contributed by atoms with Crippen molar-refractivity contribution in [1.82, 2.24) is 14.7 Å². The molecule has 0 N–H and O–H groups in total. The third kappa shape index (κ3) is 2.20. The van der Waals surface area contributed by atoms with Crippen LogP contribution in [0, 0.1) is 10.1 Å². The number of amides is 1. The van der Waals surface area contributed by atoms with E-state index < -0.39 is 4.92 Å². The molecule has 1 aliphatic rings. The molecule has 1 aromatic rings. The normalized spacial score (nSPS) is 19.9. The van der Waals surface area contributed by atoms with Crippen LogP contribution in [-0.2, 0) is 7.05 Å². The van der Waals surface area contributed by atoms with Gasteiger partial charge in [-0.25, -0.2) is 0 Å². The summed E-state index contributed by atoms with van der Waals surface area (Å²) < 4.78 is 1.31. The van der Waals surface area contributed by atoms with Crippen molar-refractivity contribution in [3.05, 3.63) is 22.0 Å². The molecule has 0 saturated carbocycles. The molecular weight excluding hydrogens is 236 g/mol. The molecule has 1 atom stereocenters. The van der Waals surface area contributed by atoms with Gasteiger partial charge in [0, 0.05) is 19.6 Å². The predicted molar refractivity (Wildman–Crippen MR) is 64.2 cm³/mol. The topological polar surface area (TPSA) is 81.3 Å². The number of hydrogen-bond donors (Lipinski definition) is 0. The maximum Gasteiger partial charge on any atom is 0.320 e. The molecule has 1 aliphatic heterocycles. The van der Waals surface area contributed by atoms with Crippen LogP contribution in [0.3, 0.4) is 0 Å². The van der Waals surface area contributed by atoms with Gasteiger partial charge in [-0.15, -0.1) is 0 Å². The van der Waals surface area contributed by atoms with Gasteiger partial charge in [0.1, 0.15) is 6.20 Å². The van der Waals surface area contributed by atoms with E-state index in [4.69, 9.17) is 0 Å².